The lowest BCUT2D eigenvalue weighted by molar-refractivity contribution is -0.115. The first-order valence-corrected chi connectivity index (χ1v) is 10.8. The molecular weight excluding hydrogens is 422 g/mol. The number of nitrogens with zero attached hydrogens (tertiary/aromatic N) is 4. The maximum Gasteiger partial charge on any atom is 0.267 e. The van der Waals surface area contributed by atoms with Crippen LogP contribution in [0.25, 0.3) is 16.7 Å². The van der Waals surface area contributed by atoms with Crippen LogP contribution in [0.2, 0.25) is 0 Å². The Kier molecular flexibility index (Phi) is 6.01. The molecule has 2 aromatic heterocycles. The minimum atomic E-state index is -0.592. The Morgan fingerprint density at radius 2 is 1.91 bits per heavy atom. The smallest absolute Gasteiger partial charge is 0.267 e. The highest BCUT2D eigenvalue weighted by molar-refractivity contribution is 8.00. The van der Waals surface area contributed by atoms with Gasteiger partial charge < -0.3 is 5.32 Å². The van der Waals surface area contributed by atoms with Crippen LogP contribution in [0.4, 0.5) is 5.69 Å². The highest BCUT2D eigenvalue weighted by Gasteiger charge is 2.21. The van der Waals surface area contributed by atoms with E-state index in [1.165, 1.54) is 4.57 Å². The van der Waals surface area contributed by atoms with E-state index in [4.69, 9.17) is 0 Å². The molecule has 7 nitrogen and oxygen atoms in total. The third-order valence-corrected chi connectivity index (χ3v) is 5.88. The second-order valence-electron chi connectivity index (χ2n) is 7.15. The van der Waals surface area contributed by atoms with Crippen molar-refractivity contribution in [3.8, 4) is 11.9 Å². The second-order valence-corrected chi connectivity index (χ2v) is 8.46. The fourth-order valence-electron chi connectivity index (χ4n) is 3.17. The van der Waals surface area contributed by atoms with Crippen LogP contribution in [0, 0.1) is 18.3 Å². The Hall–Kier alpha value is -3.96. The van der Waals surface area contributed by atoms with E-state index in [-0.39, 0.29) is 11.5 Å². The Morgan fingerprint density at radius 1 is 1.16 bits per heavy atom. The number of thioether (sulfide) groups is 1. The second kappa shape index (κ2) is 9.04. The van der Waals surface area contributed by atoms with Gasteiger partial charge >= 0.3 is 0 Å². The van der Waals surface area contributed by atoms with Crippen molar-refractivity contribution in [3.63, 3.8) is 0 Å². The van der Waals surface area contributed by atoms with E-state index in [9.17, 15) is 14.9 Å². The number of aromatic nitrogens is 3. The van der Waals surface area contributed by atoms with Gasteiger partial charge in [0.2, 0.25) is 5.91 Å². The molecule has 0 bridgehead atoms. The highest BCUT2D eigenvalue weighted by Crippen LogP contribution is 2.26. The monoisotopic (exact) mass is 441 g/mol. The van der Waals surface area contributed by atoms with Gasteiger partial charge in [0.15, 0.2) is 5.16 Å². The third kappa shape index (κ3) is 4.24. The molecule has 4 aromatic rings. The summed E-state index contributed by atoms with van der Waals surface area (Å²) in [5.41, 5.74) is 2.06. The van der Waals surface area contributed by atoms with Gasteiger partial charge in [-0.15, -0.1) is 0 Å². The van der Waals surface area contributed by atoms with Gasteiger partial charge in [0.25, 0.3) is 5.56 Å². The topological polar surface area (TPSA) is 101 Å². The van der Waals surface area contributed by atoms with Crippen LogP contribution in [0.1, 0.15) is 18.1 Å². The minimum Gasteiger partial charge on any atom is -0.324 e. The molecule has 1 N–H and O–H groups in total. The summed E-state index contributed by atoms with van der Waals surface area (Å²) < 4.78 is 1.44. The quantitative estimate of drug-likeness (QED) is 0.370. The molecule has 0 saturated carbocycles. The summed E-state index contributed by atoms with van der Waals surface area (Å²) in [6.07, 6.45) is 1.63. The van der Waals surface area contributed by atoms with Crippen molar-refractivity contribution >= 4 is 34.3 Å². The predicted molar refractivity (Wildman–Crippen MR) is 125 cm³/mol. The lowest BCUT2D eigenvalue weighted by Crippen LogP contribution is -2.27. The van der Waals surface area contributed by atoms with E-state index in [1.54, 1.807) is 61.7 Å². The average Bonchev–Trinajstić information content (AvgIpc) is 2.79. The number of pyridine rings is 1. The summed E-state index contributed by atoms with van der Waals surface area (Å²) in [5, 5.41) is 12.3. The molecule has 0 spiro atoms. The van der Waals surface area contributed by atoms with Crippen LogP contribution in [-0.4, -0.2) is 25.7 Å². The third-order valence-electron chi connectivity index (χ3n) is 4.83. The Balaban J connectivity index is 1.73. The zero-order chi connectivity index (χ0) is 22.7. The summed E-state index contributed by atoms with van der Waals surface area (Å²) in [4.78, 5) is 35.2. The number of nitriles is 1. The summed E-state index contributed by atoms with van der Waals surface area (Å²) >= 11 is 1.16. The van der Waals surface area contributed by atoms with Crippen LogP contribution >= 0.6 is 11.8 Å². The summed E-state index contributed by atoms with van der Waals surface area (Å²) in [6, 6.07) is 19.6. The van der Waals surface area contributed by atoms with Gasteiger partial charge in [-0.3, -0.25) is 9.59 Å². The number of para-hydroxylation sites is 2. The number of fused-ring (bicyclic) bond motifs is 1. The van der Waals surface area contributed by atoms with Gasteiger partial charge in [-0.2, -0.15) is 5.26 Å². The molecule has 0 saturated heterocycles. The zero-order valence-electron chi connectivity index (χ0n) is 17.4. The largest absolute Gasteiger partial charge is 0.324 e. The lowest BCUT2D eigenvalue weighted by Gasteiger charge is -2.16. The van der Waals surface area contributed by atoms with Crippen LogP contribution in [0.5, 0.6) is 0 Å². The average molecular weight is 442 g/mol. The Morgan fingerprint density at radius 3 is 2.69 bits per heavy atom. The van der Waals surface area contributed by atoms with Crippen molar-refractivity contribution in [3.05, 3.63) is 88.3 Å². The van der Waals surface area contributed by atoms with Gasteiger partial charge in [0, 0.05) is 6.20 Å². The number of carbonyl (C=O) groups is 1. The van der Waals surface area contributed by atoms with Gasteiger partial charge in [-0.25, -0.2) is 14.5 Å². The molecule has 0 radical (unpaired) electrons. The number of rotatable bonds is 5. The summed E-state index contributed by atoms with van der Waals surface area (Å²) in [6.45, 7) is 3.64. The molecule has 1 atom stereocenters. The first-order chi connectivity index (χ1) is 15.5. The molecule has 2 heterocycles. The number of anilines is 1. The van der Waals surface area contributed by atoms with Gasteiger partial charge in [-0.1, -0.05) is 36.0 Å². The fraction of sp³-hybridized carbons (Fsp3) is 0.125. The van der Waals surface area contributed by atoms with Crippen LogP contribution < -0.4 is 10.9 Å². The summed E-state index contributed by atoms with van der Waals surface area (Å²) in [5.74, 6) is 0.141. The molecule has 0 aliphatic rings. The number of hydrogen-bond donors (Lipinski definition) is 1. The van der Waals surface area contributed by atoms with Crippen LogP contribution in [-0.2, 0) is 4.79 Å². The lowest BCUT2D eigenvalue weighted by atomic mass is 10.2. The number of carbonyl (C=O) groups excluding carboxylic acids is 1. The maximum absolute atomic E-state index is 13.3. The zero-order valence-corrected chi connectivity index (χ0v) is 18.3. The van der Waals surface area contributed by atoms with Crippen molar-refractivity contribution in [2.75, 3.05) is 5.32 Å². The molecule has 2 aromatic carbocycles. The minimum absolute atomic E-state index is 0.251. The normalized spacial score (nSPS) is 11.7. The number of nitrogens with one attached hydrogen (secondary N) is 1. The van der Waals surface area contributed by atoms with Gasteiger partial charge in [0.1, 0.15) is 11.9 Å². The molecule has 0 aliphatic carbocycles. The molecule has 1 amide bonds. The van der Waals surface area contributed by atoms with Crippen molar-refractivity contribution < 1.29 is 4.79 Å². The fourth-order valence-corrected chi connectivity index (χ4v) is 4.09. The molecular formula is C24H19N5O2S. The molecule has 0 unspecified atom stereocenters. The first kappa shape index (κ1) is 21.3. The SMILES string of the molecule is Cc1ccnc(-n2c(S[C@H](C)C(=O)Nc3ccccc3C#N)nc3ccccc3c2=O)c1. The van der Waals surface area contributed by atoms with E-state index < -0.39 is 5.25 Å². The summed E-state index contributed by atoms with van der Waals surface area (Å²) in [7, 11) is 0. The van der Waals surface area contributed by atoms with Crippen molar-refractivity contribution in [2.24, 2.45) is 0 Å². The number of amides is 1. The molecule has 8 heteroatoms. The first-order valence-electron chi connectivity index (χ1n) is 9.89. The molecule has 158 valence electrons. The molecule has 0 fully saturated rings. The van der Waals surface area contributed by atoms with Crippen molar-refractivity contribution in [1.29, 1.82) is 5.26 Å². The highest BCUT2D eigenvalue weighted by atomic mass is 32.2. The van der Waals surface area contributed by atoms with E-state index in [1.807, 2.05) is 19.1 Å². The van der Waals surface area contributed by atoms with E-state index >= 15 is 0 Å². The van der Waals surface area contributed by atoms with E-state index in [2.05, 4.69) is 21.4 Å². The van der Waals surface area contributed by atoms with Gasteiger partial charge in [-0.05, 0) is 55.8 Å². The predicted octanol–water partition coefficient (Wildman–Crippen LogP) is 4.08. The van der Waals surface area contributed by atoms with E-state index in [0.29, 0.717) is 33.1 Å². The van der Waals surface area contributed by atoms with Crippen molar-refractivity contribution in [2.45, 2.75) is 24.3 Å². The van der Waals surface area contributed by atoms with E-state index in [0.717, 1.165) is 17.3 Å². The number of aryl methyl sites for hydroxylation is 1. The Labute approximate surface area is 188 Å². The van der Waals surface area contributed by atoms with Crippen molar-refractivity contribution in [1.82, 2.24) is 14.5 Å². The molecule has 32 heavy (non-hydrogen) atoms. The van der Waals surface area contributed by atoms with Crippen LogP contribution in [0.3, 0.4) is 0 Å². The van der Waals surface area contributed by atoms with Gasteiger partial charge in [0.05, 0.1) is 27.4 Å². The standard InChI is InChI=1S/C24H19N5O2S/c1-15-11-12-26-21(13-15)29-23(31)18-8-4-6-10-20(18)28-24(29)32-16(2)22(30)27-19-9-5-3-7-17(19)14-25/h3-13,16H,1-2H3,(H,27,30)/t16-/m1/s1. The molecule has 0 aliphatic heterocycles. The Bertz CT molecular complexity index is 1420. The number of hydrogen-bond acceptors (Lipinski definition) is 6. The van der Waals surface area contributed by atoms with Crippen LogP contribution in [0.15, 0.2) is 76.8 Å². The maximum atomic E-state index is 13.3. The number of benzene rings is 2. The molecule has 4 rings (SSSR count).